The molecule has 0 bridgehead atoms. The lowest BCUT2D eigenvalue weighted by Crippen LogP contribution is -2.38. The van der Waals surface area contributed by atoms with Crippen LogP contribution >= 0.6 is 0 Å². The van der Waals surface area contributed by atoms with Crippen LogP contribution in [-0.2, 0) is 15.8 Å². The Labute approximate surface area is 186 Å². The summed E-state index contributed by atoms with van der Waals surface area (Å²) in [5, 5.41) is 12.1. The van der Waals surface area contributed by atoms with E-state index in [-0.39, 0.29) is 28.1 Å². The normalized spacial score (nSPS) is 16.7. The second kappa shape index (κ2) is 7.33. The van der Waals surface area contributed by atoms with Crippen LogP contribution in [0.2, 0.25) is 0 Å². The first-order valence-corrected chi connectivity index (χ1v) is 10.4. The molecule has 168 valence electrons. The molecule has 1 aliphatic carbocycles. The van der Waals surface area contributed by atoms with E-state index in [2.05, 4.69) is 15.3 Å². The standard InChI is InChI=1S/C23H18F3N5O2/c24-23(25,26)16-2-1-13(10-27)7-15(16)18-8-14-11-28-19(9-17(14)29-18)30-20(32)21(33)31-6-5-22(12-31)3-4-22/h1-2,7-9,11,29H,3-6,12H2,(H,28,30,32). The lowest BCUT2D eigenvalue weighted by molar-refractivity contribution is -0.142. The molecule has 5 rings (SSSR count). The van der Waals surface area contributed by atoms with E-state index in [0.717, 1.165) is 31.4 Å². The number of aromatic amines is 1. The predicted octanol–water partition coefficient (Wildman–Crippen LogP) is 4.07. The SMILES string of the molecule is N#Cc1ccc(C(F)(F)F)c(-c2cc3cnc(NC(=O)C(=O)N4CCC5(CC5)C4)cc3[nH]2)c1. The number of hydrogen-bond acceptors (Lipinski definition) is 4. The fraction of sp³-hybridized carbons (Fsp3) is 0.304. The number of likely N-dealkylation sites (tertiary alicyclic amines) is 1. The first-order chi connectivity index (χ1) is 15.7. The summed E-state index contributed by atoms with van der Waals surface area (Å²) in [5.41, 5.74) is -0.165. The van der Waals surface area contributed by atoms with Crippen LogP contribution in [0.4, 0.5) is 19.0 Å². The van der Waals surface area contributed by atoms with Crippen LogP contribution < -0.4 is 5.32 Å². The number of H-pyrrole nitrogens is 1. The highest BCUT2D eigenvalue weighted by Crippen LogP contribution is 2.52. The van der Waals surface area contributed by atoms with Crippen LogP contribution in [0.1, 0.15) is 30.4 Å². The molecule has 33 heavy (non-hydrogen) atoms. The Bertz CT molecular complexity index is 1330. The molecule has 2 N–H and O–H groups in total. The van der Waals surface area contributed by atoms with Crippen molar-refractivity contribution >= 4 is 28.5 Å². The molecule has 0 unspecified atom stereocenters. The third kappa shape index (κ3) is 3.91. The summed E-state index contributed by atoms with van der Waals surface area (Å²) in [5.74, 6) is -1.31. The van der Waals surface area contributed by atoms with E-state index in [1.165, 1.54) is 24.4 Å². The average Bonchev–Trinajstić information content (AvgIpc) is 3.21. The van der Waals surface area contributed by atoms with Crippen molar-refractivity contribution in [1.29, 1.82) is 5.26 Å². The summed E-state index contributed by atoms with van der Waals surface area (Å²) < 4.78 is 40.5. The molecule has 2 aromatic heterocycles. The lowest BCUT2D eigenvalue weighted by Gasteiger charge is -2.15. The molecule has 10 heteroatoms. The zero-order valence-electron chi connectivity index (χ0n) is 17.3. The molecule has 7 nitrogen and oxygen atoms in total. The Morgan fingerprint density at radius 1 is 1.18 bits per heavy atom. The second-order valence-electron chi connectivity index (χ2n) is 8.64. The number of carbonyl (C=O) groups excluding carboxylic acids is 2. The second-order valence-corrected chi connectivity index (χ2v) is 8.64. The number of alkyl halides is 3. The van der Waals surface area contributed by atoms with Crippen LogP contribution in [0.25, 0.3) is 22.2 Å². The Hall–Kier alpha value is -3.87. The minimum atomic E-state index is -4.60. The summed E-state index contributed by atoms with van der Waals surface area (Å²) in [4.78, 5) is 33.4. The van der Waals surface area contributed by atoms with E-state index in [1.807, 2.05) is 6.07 Å². The van der Waals surface area contributed by atoms with Gasteiger partial charge in [-0.05, 0) is 48.9 Å². The van der Waals surface area contributed by atoms with Crippen LogP contribution in [0.5, 0.6) is 0 Å². The molecule has 3 aromatic rings. The molecule has 0 atom stereocenters. The number of rotatable bonds is 2. The number of nitrogens with zero attached hydrogens (tertiary/aromatic N) is 3. The molecule has 1 saturated carbocycles. The lowest BCUT2D eigenvalue weighted by atomic mass is 10.0. The summed E-state index contributed by atoms with van der Waals surface area (Å²) in [6, 6.07) is 7.96. The van der Waals surface area contributed by atoms with E-state index in [9.17, 15) is 22.8 Å². The van der Waals surface area contributed by atoms with Crippen molar-refractivity contribution < 1.29 is 22.8 Å². The smallest absolute Gasteiger partial charge is 0.354 e. The maximum absolute atomic E-state index is 13.5. The van der Waals surface area contributed by atoms with Crippen LogP contribution in [-0.4, -0.2) is 39.8 Å². The van der Waals surface area contributed by atoms with Crippen molar-refractivity contribution in [2.45, 2.75) is 25.4 Å². The Morgan fingerprint density at radius 3 is 2.64 bits per heavy atom. The number of halogens is 3. The van der Waals surface area contributed by atoms with Crippen molar-refractivity contribution in [3.05, 3.63) is 47.7 Å². The van der Waals surface area contributed by atoms with E-state index in [4.69, 9.17) is 5.26 Å². The number of anilines is 1. The molecule has 1 aromatic carbocycles. The van der Waals surface area contributed by atoms with Gasteiger partial charge in [0.2, 0.25) is 0 Å². The van der Waals surface area contributed by atoms with Gasteiger partial charge in [0.25, 0.3) is 0 Å². The van der Waals surface area contributed by atoms with E-state index < -0.39 is 23.6 Å². The minimum Gasteiger partial charge on any atom is -0.354 e. The number of benzene rings is 1. The van der Waals surface area contributed by atoms with Gasteiger partial charge in [-0.3, -0.25) is 9.59 Å². The number of nitriles is 1. The van der Waals surface area contributed by atoms with Crippen molar-refractivity contribution in [1.82, 2.24) is 14.9 Å². The monoisotopic (exact) mass is 453 g/mol. The molecule has 2 fully saturated rings. The Morgan fingerprint density at radius 2 is 1.97 bits per heavy atom. The van der Waals surface area contributed by atoms with E-state index in [1.54, 1.807) is 4.90 Å². The zero-order chi connectivity index (χ0) is 23.4. The van der Waals surface area contributed by atoms with Crippen LogP contribution in [0.3, 0.4) is 0 Å². The van der Waals surface area contributed by atoms with Crippen molar-refractivity contribution in [2.24, 2.45) is 5.41 Å². The molecule has 2 aliphatic rings. The van der Waals surface area contributed by atoms with Gasteiger partial charge in [0.15, 0.2) is 0 Å². The Kier molecular flexibility index (Phi) is 4.67. The quantitative estimate of drug-likeness (QED) is 0.571. The largest absolute Gasteiger partial charge is 0.417 e. The average molecular weight is 453 g/mol. The highest BCUT2D eigenvalue weighted by atomic mass is 19.4. The van der Waals surface area contributed by atoms with Gasteiger partial charge in [-0.1, -0.05) is 0 Å². The fourth-order valence-corrected chi connectivity index (χ4v) is 4.33. The maximum Gasteiger partial charge on any atom is 0.417 e. The van der Waals surface area contributed by atoms with Gasteiger partial charge in [-0.15, -0.1) is 0 Å². The van der Waals surface area contributed by atoms with Gasteiger partial charge in [0, 0.05) is 42.0 Å². The number of fused-ring (bicyclic) bond motifs is 1. The van der Waals surface area contributed by atoms with Crippen LogP contribution in [0.15, 0.2) is 36.5 Å². The molecular formula is C23H18F3N5O2. The number of hydrogen-bond donors (Lipinski definition) is 2. The number of pyridine rings is 1. The van der Waals surface area contributed by atoms with Crippen molar-refractivity contribution in [2.75, 3.05) is 18.4 Å². The first-order valence-electron chi connectivity index (χ1n) is 10.4. The molecule has 0 radical (unpaired) electrons. The summed E-state index contributed by atoms with van der Waals surface area (Å²) in [6.07, 6.45) is -0.133. The highest BCUT2D eigenvalue weighted by Gasteiger charge is 2.49. The van der Waals surface area contributed by atoms with Gasteiger partial charge in [-0.2, -0.15) is 18.4 Å². The van der Waals surface area contributed by atoms with Crippen molar-refractivity contribution in [3.8, 4) is 17.3 Å². The third-order valence-electron chi connectivity index (χ3n) is 6.37. The highest BCUT2D eigenvalue weighted by molar-refractivity contribution is 6.39. The third-order valence-corrected chi connectivity index (χ3v) is 6.37. The molecule has 1 spiro atoms. The van der Waals surface area contributed by atoms with Gasteiger partial charge in [0.05, 0.1) is 22.7 Å². The summed E-state index contributed by atoms with van der Waals surface area (Å²) in [7, 11) is 0. The summed E-state index contributed by atoms with van der Waals surface area (Å²) >= 11 is 0. The van der Waals surface area contributed by atoms with Gasteiger partial charge in [-0.25, -0.2) is 4.98 Å². The fourth-order valence-electron chi connectivity index (χ4n) is 4.33. The maximum atomic E-state index is 13.5. The molecule has 3 heterocycles. The number of nitrogens with one attached hydrogen (secondary N) is 2. The minimum absolute atomic E-state index is 0.0936. The number of amides is 2. The van der Waals surface area contributed by atoms with Gasteiger partial charge in [0.1, 0.15) is 5.82 Å². The summed E-state index contributed by atoms with van der Waals surface area (Å²) in [6.45, 7) is 1.15. The van der Waals surface area contributed by atoms with Gasteiger partial charge >= 0.3 is 18.0 Å². The molecule has 1 aliphatic heterocycles. The van der Waals surface area contributed by atoms with E-state index in [0.29, 0.717) is 24.0 Å². The van der Waals surface area contributed by atoms with Crippen LogP contribution in [0, 0.1) is 16.7 Å². The zero-order valence-corrected chi connectivity index (χ0v) is 17.3. The van der Waals surface area contributed by atoms with Gasteiger partial charge < -0.3 is 15.2 Å². The van der Waals surface area contributed by atoms with E-state index >= 15 is 0 Å². The number of carbonyl (C=O) groups is 2. The predicted molar refractivity (Wildman–Crippen MR) is 113 cm³/mol. The first kappa shape index (κ1) is 21.0. The molecule has 2 amide bonds. The topological polar surface area (TPSA) is 102 Å². The molecular weight excluding hydrogens is 435 g/mol. The molecule has 1 saturated heterocycles. The Balaban J connectivity index is 1.40. The van der Waals surface area contributed by atoms with Crippen molar-refractivity contribution in [3.63, 3.8) is 0 Å². The number of aromatic nitrogens is 2.